The highest BCUT2D eigenvalue weighted by Gasteiger charge is 2.36. The number of alkyl halides is 3. The Morgan fingerprint density at radius 1 is 1.00 bits per heavy atom. The van der Waals surface area contributed by atoms with E-state index in [1.165, 1.54) is 35.4 Å². The molecule has 1 aromatic carbocycles. The van der Waals surface area contributed by atoms with Crippen LogP contribution in [0.5, 0.6) is 0 Å². The molecule has 6 nitrogen and oxygen atoms in total. The van der Waals surface area contributed by atoms with Gasteiger partial charge in [0.05, 0.1) is 16.7 Å². The number of aromatic nitrogens is 1. The van der Waals surface area contributed by atoms with E-state index in [4.69, 9.17) is 5.11 Å². The molecule has 1 N–H and O–H groups in total. The largest absolute Gasteiger partial charge is 0.478 e. The summed E-state index contributed by atoms with van der Waals surface area (Å²) in [6, 6.07) is 7.75. The van der Waals surface area contributed by atoms with Crippen molar-refractivity contribution in [1.82, 2.24) is 9.88 Å². The normalized spacial score (nSPS) is 14.9. The number of benzene rings is 1. The molecule has 0 atom stereocenters. The molecule has 0 unspecified atom stereocenters. The minimum Gasteiger partial charge on any atom is -0.478 e. The minimum atomic E-state index is -4.59. The van der Waals surface area contributed by atoms with Crippen molar-refractivity contribution in [1.29, 1.82) is 0 Å². The van der Waals surface area contributed by atoms with E-state index >= 15 is 0 Å². The highest BCUT2D eigenvalue weighted by atomic mass is 19.4. The number of hydrogen-bond donors (Lipinski definition) is 1. The van der Waals surface area contributed by atoms with E-state index in [9.17, 15) is 22.8 Å². The number of carboxylic acid groups (broad SMARTS) is 1. The van der Waals surface area contributed by atoms with E-state index in [1.54, 1.807) is 6.07 Å². The van der Waals surface area contributed by atoms with Crippen molar-refractivity contribution in [3.8, 4) is 0 Å². The van der Waals surface area contributed by atoms with Crippen LogP contribution in [0, 0.1) is 0 Å². The first kappa shape index (κ1) is 18.7. The van der Waals surface area contributed by atoms with Gasteiger partial charge >= 0.3 is 12.1 Å². The second-order valence-electron chi connectivity index (χ2n) is 6.03. The monoisotopic (exact) mass is 379 g/mol. The van der Waals surface area contributed by atoms with Crippen molar-refractivity contribution in [3.63, 3.8) is 0 Å². The number of piperazine rings is 1. The van der Waals surface area contributed by atoms with Gasteiger partial charge in [0.1, 0.15) is 5.82 Å². The number of aromatic carboxylic acids is 1. The summed E-state index contributed by atoms with van der Waals surface area (Å²) in [5, 5.41) is 8.89. The number of hydrogen-bond acceptors (Lipinski definition) is 4. The fourth-order valence-corrected chi connectivity index (χ4v) is 2.93. The third-order valence-electron chi connectivity index (χ3n) is 4.35. The molecule has 0 aliphatic carbocycles. The minimum absolute atomic E-state index is 0.0660. The number of rotatable bonds is 3. The Hall–Kier alpha value is -3.10. The number of nitrogens with zero attached hydrogens (tertiary/aromatic N) is 3. The molecule has 1 amide bonds. The van der Waals surface area contributed by atoms with Gasteiger partial charge in [-0.3, -0.25) is 4.79 Å². The number of halogens is 3. The third kappa shape index (κ3) is 4.02. The van der Waals surface area contributed by atoms with E-state index < -0.39 is 23.6 Å². The SMILES string of the molecule is O=C(O)c1ccc(N2CCN(C(=O)c3ccccc3C(F)(F)F)CC2)nc1. The van der Waals surface area contributed by atoms with Crippen LogP contribution in [0.1, 0.15) is 26.3 Å². The highest BCUT2D eigenvalue weighted by Crippen LogP contribution is 2.32. The molecule has 3 rings (SSSR count). The molecule has 2 heterocycles. The van der Waals surface area contributed by atoms with Crippen LogP contribution in [0.25, 0.3) is 0 Å². The quantitative estimate of drug-likeness (QED) is 0.888. The Morgan fingerprint density at radius 3 is 2.22 bits per heavy atom. The van der Waals surface area contributed by atoms with Crippen molar-refractivity contribution in [3.05, 3.63) is 59.3 Å². The molecule has 1 fully saturated rings. The standard InChI is InChI=1S/C18H16F3N3O3/c19-18(20,21)14-4-2-1-3-13(14)16(25)24-9-7-23(8-10-24)15-6-5-12(11-22-15)17(26)27/h1-6,11H,7-10H2,(H,26,27). The molecular weight excluding hydrogens is 363 g/mol. The average molecular weight is 379 g/mol. The molecule has 0 bridgehead atoms. The summed E-state index contributed by atoms with van der Waals surface area (Å²) in [6.45, 7) is 1.26. The number of carbonyl (C=O) groups is 2. The van der Waals surface area contributed by atoms with Crippen molar-refractivity contribution in [2.75, 3.05) is 31.1 Å². The van der Waals surface area contributed by atoms with Crippen LogP contribution in [-0.2, 0) is 6.18 Å². The summed E-state index contributed by atoms with van der Waals surface area (Å²) in [5.74, 6) is -1.17. The first-order chi connectivity index (χ1) is 12.8. The van der Waals surface area contributed by atoms with Crippen molar-refractivity contribution in [2.24, 2.45) is 0 Å². The maximum Gasteiger partial charge on any atom is 0.417 e. The van der Waals surface area contributed by atoms with Crippen LogP contribution >= 0.6 is 0 Å². The Labute approximate surface area is 152 Å². The lowest BCUT2D eigenvalue weighted by atomic mass is 10.1. The van der Waals surface area contributed by atoms with Gasteiger partial charge in [-0.25, -0.2) is 9.78 Å². The van der Waals surface area contributed by atoms with Crippen molar-refractivity contribution >= 4 is 17.7 Å². The van der Waals surface area contributed by atoms with E-state index in [1.807, 2.05) is 4.90 Å². The van der Waals surface area contributed by atoms with Crippen LogP contribution in [-0.4, -0.2) is 53.0 Å². The predicted molar refractivity (Wildman–Crippen MR) is 90.8 cm³/mol. The molecule has 142 valence electrons. The number of carboxylic acids is 1. The lowest BCUT2D eigenvalue weighted by Crippen LogP contribution is -2.49. The van der Waals surface area contributed by atoms with Crippen LogP contribution < -0.4 is 4.90 Å². The van der Waals surface area contributed by atoms with Gasteiger partial charge in [0, 0.05) is 32.4 Å². The van der Waals surface area contributed by atoms with E-state index in [0.29, 0.717) is 18.9 Å². The van der Waals surface area contributed by atoms with Gasteiger partial charge in [-0.1, -0.05) is 12.1 Å². The lowest BCUT2D eigenvalue weighted by molar-refractivity contribution is -0.138. The van der Waals surface area contributed by atoms with E-state index in [0.717, 1.165) is 6.07 Å². The second-order valence-corrected chi connectivity index (χ2v) is 6.03. The maximum atomic E-state index is 13.1. The summed E-state index contributed by atoms with van der Waals surface area (Å²) >= 11 is 0. The molecule has 1 aliphatic heterocycles. The molecule has 1 aromatic heterocycles. The number of pyridine rings is 1. The van der Waals surface area contributed by atoms with Gasteiger partial charge in [0.15, 0.2) is 0 Å². The summed E-state index contributed by atoms with van der Waals surface area (Å²) < 4.78 is 39.4. The summed E-state index contributed by atoms with van der Waals surface area (Å²) in [7, 11) is 0. The fourth-order valence-electron chi connectivity index (χ4n) is 2.93. The van der Waals surface area contributed by atoms with Crippen LogP contribution in [0.3, 0.4) is 0 Å². The first-order valence-corrected chi connectivity index (χ1v) is 8.17. The Bertz CT molecular complexity index is 845. The van der Waals surface area contributed by atoms with Crippen LogP contribution in [0.2, 0.25) is 0 Å². The molecule has 27 heavy (non-hydrogen) atoms. The zero-order valence-electron chi connectivity index (χ0n) is 14.1. The first-order valence-electron chi connectivity index (χ1n) is 8.17. The number of anilines is 1. The average Bonchev–Trinajstić information content (AvgIpc) is 2.67. The Balaban J connectivity index is 1.69. The second kappa shape index (κ2) is 7.26. The topological polar surface area (TPSA) is 73.7 Å². The van der Waals surface area contributed by atoms with Crippen LogP contribution in [0.15, 0.2) is 42.6 Å². The van der Waals surface area contributed by atoms with Crippen molar-refractivity contribution < 1.29 is 27.9 Å². The van der Waals surface area contributed by atoms with E-state index in [-0.39, 0.29) is 24.2 Å². The molecular formula is C18H16F3N3O3. The molecule has 0 saturated carbocycles. The Morgan fingerprint density at radius 2 is 1.67 bits per heavy atom. The van der Waals surface area contributed by atoms with Crippen molar-refractivity contribution in [2.45, 2.75) is 6.18 Å². The predicted octanol–water partition coefficient (Wildman–Crippen LogP) is 2.76. The van der Waals surface area contributed by atoms with Gasteiger partial charge in [0.2, 0.25) is 0 Å². The maximum absolute atomic E-state index is 13.1. The Kier molecular flexibility index (Phi) is 5.02. The van der Waals surface area contributed by atoms with Gasteiger partial charge in [-0.15, -0.1) is 0 Å². The third-order valence-corrected chi connectivity index (χ3v) is 4.35. The molecule has 0 spiro atoms. The highest BCUT2D eigenvalue weighted by molar-refractivity contribution is 5.96. The lowest BCUT2D eigenvalue weighted by Gasteiger charge is -2.35. The summed E-state index contributed by atoms with van der Waals surface area (Å²) in [4.78, 5) is 30.7. The van der Waals surface area contributed by atoms with Gasteiger partial charge in [-0.2, -0.15) is 13.2 Å². The van der Waals surface area contributed by atoms with Crippen LogP contribution in [0.4, 0.5) is 19.0 Å². The zero-order valence-corrected chi connectivity index (χ0v) is 14.1. The number of carbonyl (C=O) groups excluding carboxylic acids is 1. The molecule has 1 aliphatic rings. The molecule has 1 saturated heterocycles. The molecule has 0 radical (unpaired) electrons. The number of amides is 1. The zero-order chi connectivity index (χ0) is 19.6. The molecule has 2 aromatic rings. The van der Waals surface area contributed by atoms with Gasteiger partial charge in [-0.05, 0) is 24.3 Å². The van der Waals surface area contributed by atoms with Gasteiger partial charge in [0.25, 0.3) is 5.91 Å². The fraction of sp³-hybridized carbons (Fsp3) is 0.278. The summed E-state index contributed by atoms with van der Waals surface area (Å²) in [6.07, 6.45) is -3.35. The van der Waals surface area contributed by atoms with E-state index in [2.05, 4.69) is 4.98 Å². The molecule has 9 heteroatoms. The van der Waals surface area contributed by atoms with Gasteiger partial charge < -0.3 is 14.9 Å². The smallest absolute Gasteiger partial charge is 0.417 e. The summed E-state index contributed by atoms with van der Waals surface area (Å²) in [5.41, 5.74) is -1.23.